The van der Waals surface area contributed by atoms with Gasteiger partial charge in [0, 0.05) is 36.2 Å². The standard InChI is InChI=1S/C14H16N4O4S/c19-12(16-11-3-6-18(17-11)8-13(20)21)2-1-5-15-14(22)10-4-7-23-9-10/h3-4,6-7,9H,1-2,5,8H2,(H,15,22)(H,20,21)(H,16,17,19). The van der Waals surface area contributed by atoms with Crippen LogP contribution in [0.5, 0.6) is 0 Å². The number of hydrogen-bond donors (Lipinski definition) is 3. The molecule has 2 rings (SSSR count). The minimum absolute atomic E-state index is 0.154. The zero-order chi connectivity index (χ0) is 16.7. The molecule has 0 aliphatic heterocycles. The number of rotatable bonds is 8. The predicted octanol–water partition coefficient (Wildman–Crippen LogP) is 1.18. The highest BCUT2D eigenvalue weighted by Gasteiger charge is 2.08. The van der Waals surface area contributed by atoms with Crippen LogP contribution in [-0.2, 0) is 16.1 Å². The van der Waals surface area contributed by atoms with E-state index in [0.29, 0.717) is 24.3 Å². The van der Waals surface area contributed by atoms with E-state index in [1.165, 1.54) is 28.3 Å². The van der Waals surface area contributed by atoms with Crippen LogP contribution in [0.15, 0.2) is 29.1 Å². The minimum atomic E-state index is -1.01. The van der Waals surface area contributed by atoms with Crippen molar-refractivity contribution in [2.45, 2.75) is 19.4 Å². The summed E-state index contributed by atoms with van der Waals surface area (Å²) in [5.41, 5.74) is 0.614. The SMILES string of the molecule is O=C(O)Cn1ccc(NC(=O)CCCNC(=O)c2ccsc2)n1. The lowest BCUT2D eigenvalue weighted by atomic mass is 10.2. The molecule has 2 aromatic rings. The third kappa shape index (κ3) is 5.55. The molecular weight excluding hydrogens is 320 g/mol. The van der Waals surface area contributed by atoms with Crippen molar-refractivity contribution in [1.29, 1.82) is 0 Å². The minimum Gasteiger partial charge on any atom is -0.480 e. The van der Waals surface area contributed by atoms with Gasteiger partial charge in [0.15, 0.2) is 5.82 Å². The van der Waals surface area contributed by atoms with E-state index < -0.39 is 5.97 Å². The number of thiophene rings is 1. The summed E-state index contributed by atoms with van der Waals surface area (Å²) in [7, 11) is 0. The zero-order valence-corrected chi connectivity index (χ0v) is 13.0. The summed E-state index contributed by atoms with van der Waals surface area (Å²) < 4.78 is 1.22. The Kier molecular flexibility index (Phi) is 5.87. The number of carbonyl (C=O) groups is 3. The Hall–Kier alpha value is -2.68. The van der Waals surface area contributed by atoms with Gasteiger partial charge >= 0.3 is 5.97 Å². The molecule has 8 nitrogen and oxygen atoms in total. The third-order valence-corrected chi connectivity index (χ3v) is 3.54. The van der Waals surface area contributed by atoms with Gasteiger partial charge in [-0.15, -0.1) is 0 Å². The number of nitrogens with one attached hydrogen (secondary N) is 2. The average molecular weight is 336 g/mol. The van der Waals surface area contributed by atoms with E-state index in [0.717, 1.165) is 0 Å². The molecule has 23 heavy (non-hydrogen) atoms. The summed E-state index contributed by atoms with van der Waals surface area (Å²) in [5.74, 6) is -1.10. The molecular formula is C14H16N4O4S. The predicted molar refractivity (Wildman–Crippen MR) is 84.4 cm³/mol. The molecule has 0 saturated carbocycles. The maximum atomic E-state index is 11.7. The van der Waals surface area contributed by atoms with Crippen LogP contribution in [0.4, 0.5) is 5.82 Å². The number of anilines is 1. The number of carboxylic acid groups (broad SMARTS) is 1. The van der Waals surface area contributed by atoms with Crippen molar-refractivity contribution in [3.63, 3.8) is 0 Å². The van der Waals surface area contributed by atoms with E-state index in [1.807, 2.05) is 5.38 Å². The highest BCUT2D eigenvalue weighted by Crippen LogP contribution is 2.06. The number of aromatic nitrogens is 2. The van der Waals surface area contributed by atoms with Gasteiger partial charge in [-0.3, -0.25) is 19.1 Å². The van der Waals surface area contributed by atoms with Crippen LogP contribution in [-0.4, -0.2) is 39.2 Å². The van der Waals surface area contributed by atoms with Crippen molar-refractivity contribution in [1.82, 2.24) is 15.1 Å². The lowest BCUT2D eigenvalue weighted by Crippen LogP contribution is -2.25. The van der Waals surface area contributed by atoms with Gasteiger partial charge < -0.3 is 15.7 Å². The van der Waals surface area contributed by atoms with Crippen LogP contribution < -0.4 is 10.6 Å². The zero-order valence-electron chi connectivity index (χ0n) is 12.2. The van der Waals surface area contributed by atoms with Crippen molar-refractivity contribution in [2.75, 3.05) is 11.9 Å². The number of carboxylic acids is 1. The molecule has 2 aromatic heterocycles. The summed E-state index contributed by atoms with van der Waals surface area (Å²) in [5, 5.41) is 21.4. The first-order valence-corrected chi connectivity index (χ1v) is 7.84. The van der Waals surface area contributed by atoms with Gasteiger partial charge in [0.1, 0.15) is 6.54 Å². The third-order valence-electron chi connectivity index (χ3n) is 2.85. The fourth-order valence-electron chi connectivity index (χ4n) is 1.81. The average Bonchev–Trinajstić information content (AvgIpc) is 3.14. The van der Waals surface area contributed by atoms with Gasteiger partial charge in [-0.1, -0.05) is 0 Å². The molecule has 0 aromatic carbocycles. The van der Waals surface area contributed by atoms with Gasteiger partial charge in [0.2, 0.25) is 5.91 Å². The molecule has 3 N–H and O–H groups in total. The molecule has 9 heteroatoms. The first-order chi connectivity index (χ1) is 11.0. The Morgan fingerprint density at radius 1 is 1.30 bits per heavy atom. The molecule has 0 unspecified atom stereocenters. The molecule has 0 saturated heterocycles. The molecule has 0 fully saturated rings. The summed E-state index contributed by atoms with van der Waals surface area (Å²) in [4.78, 5) is 33.9. The van der Waals surface area contributed by atoms with Gasteiger partial charge in [0.25, 0.3) is 5.91 Å². The van der Waals surface area contributed by atoms with Crippen LogP contribution in [0.2, 0.25) is 0 Å². The smallest absolute Gasteiger partial charge is 0.325 e. The Morgan fingerprint density at radius 2 is 2.13 bits per heavy atom. The lowest BCUT2D eigenvalue weighted by Gasteiger charge is -2.04. The normalized spacial score (nSPS) is 10.3. The number of aliphatic carboxylic acids is 1. The number of nitrogens with zero attached hydrogens (tertiary/aromatic N) is 2. The molecule has 0 aliphatic rings. The summed E-state index contributed by atoms with van der Waals surface area (Å²) in [6.45, 7) is 0.139. The quantitative estimate of drug-likeness (QED) is 0.626. The van der Waals surface area contributed by atoms with Gasteiger partial charge in [0.05, 0.1) is 0 Å². The van der Waals surface area contributed by atoms with Gasteiger partial charge in [-0.05, 0) is 17.9 Å². The van der Waals surface area contributed by atoms with E-state index in [1.54, 1.807) is 11.4 Å². The van der Waals surface area contributed by atoms with E-state index >= 15 is 0 Å². The molecule has 122 valence electrons. The molecule has 0 spiro atoms. The molecule has 0 bridgehead atoms. The van der Waals surface area contributed by atoms with Crippen molar-refractivity contribution >= 4 is 34.9 Å². The largest absolute Gasteiger partial charge is 0.480 e. The molecule has 2 heterocycles. The molecule has 0 atom stereocenters. The number of amides is 2. The molecule has 0 radical (unpaired) electrons. The van der Waals surface area contributed by atoms with Crippen LogP contribution >= 0.6 is 11.3 Å². The second-order valence-corrected chi connectivity index (χ2v) is 5.49. The van der Waals surface area contributed by atoms with Crippen molar-refractivity contribution < 1.29 is 19.5 Å². The van der Waals surface area contributed by atoms with Crippen molar-refractivity contribution in [2.24, 2.45) is 0 Å². The fraction of sp³-hybridized carbons (Fsp3) is 0.286. The summed E-state index contributed by atoms with van der Waals surface area (Å²) in [6, 6.07) is 3.26. The molecule has 0 aliphatic carbocycles. The van der Waals surface area contributed by atoms with Crippen molar-refractivity contribution in [3.05, 3.63) is 34.7 Å². The number of hydrogen-bond acceptors (Lipinski definition) is 5. The molecule has 2 amide bonds. The van der Waals surface area contributed by atoms with Crippen LogP contribution in [0.25, 0.3) is 0 Å². The Labute approximate surface area is 136 Å². The Morgan fingerprint density at radius 3 is 2.83 bits per heavy atom. The van der Waals surface area contributed by atoms with E-state index in [2.05, 4.69) is 15.7 Å². The topological polar surface area (TPSA) is 113 Å². The van der Waals surface area contributed by atoms with Crippen LogP contribution in [0.1, 0.15) is 23.2 Å². The maximum Gasteiger partial charge on any atom is 0.325 e. The van der Waals surface area contributed by atoms with E-state index in [4.69, 9.17) is 5.11 Å². The Bertz CT molecular complexity index is 681. The van der Waals surface area contributed by atoms with Crippen molar-refractivity contribution in [3.8, 4) is 0 Å². The maximum absolute atomic E-state index is 11.7. The highest BCUT2D eigenvalue weighted by atomic mass is 32.1. The first-order valence-electron chi connectivity index (χ1n) is 6.90. The highest BCUT2D eigenvalue weighted by molar-refractivity contribution is 7.08. The summed E-state index contributed by atoms with van der Waals surface area (Å²) in [6.07, 6.45) is 2.21. The van der Waals surface area contributed by atoms with Crippen LogP contribution in [0, 0.1) is 0 Å². The Balaban J connectivity index is 1.66. The number of carbonyl (C=O) groups excluding carboxylic acids is 2. The summed E-state index contributed by atoms with van der Waals surface area (Å²) >= 11 is 1.45. The van der Waals surface area contributed by atoms with Gasteiger partial charge in [-0.2, -0.15) is 16.4 Å². The van der Waals surface area contributed by atoms with Crippen LogP contribution in [0.3, 0.4) is 0 Å². The van der Waals surface area contributed by atoms with E-state index in [-0.39, 0.29) is 24.8 Å². The van der Waals surface area contributed by atoms with Gasteiger partial charge in [-0.25, -0.2) is 0 Å². The second-order valence-electron chi connectivity index (χ2n) is 4.71. The second kappa shape index (κ2) is 8.08. The fourth-order valence-corrected chi connectivity index (χ4v) is 2.44. The van der Waals surface area contributed by atoms with E-state index in [9.17, 15) is 14.4 Å². The lowest BCUT2D eigenvalue weighted by molar-refractivity contribution is -0.137. The monoisotopic (exact) mass is 336 g/mol. The first kappa shape index (κ1) is 16.7.